The Bertz CT molecular complexity index is 524. The normalized spacial score (nSPS) is 17.3. The third kappa shape index (κ3) is 4.84. The van der Waals surface area contributed by atoms with E-state index in [2.05, 4.69) is 5.32 Å². The summed E-state index contributed by atoms with van der Waals surface area (Å²) in [5.74, 6) is -0.0129. The van der Waals surface area contributed by atoms with Crippen LogP contribution in [-0.4, -0.2) is 43.0 Å². The van der Waals surface area contributed by atoms with Gasteiger partial charge in [-0.15, -0.1) is 0 Å². The quantitative estimate of drug-likeness (QED) is 0.820. The van der Waals surface area contributed by atoms with Crippen molar-refractivity contribution in [1.29, 1.82) is 0 Å². The number of nitrogens with zero attached hydrogens (tertiary/aromatic N) is 1. The van der Waals surface area contributed by atoms with E-state index in [0.29, 0.717) is 23.9 Å². The molecule has 0 unspecified atom stereocenters. The number of rotatable bonds is 6. The molecule has 0 bridgehead atoms. The molecule has 2 amide bonds. The van der Waals surface area contributed by atoms with Crippen molar-refractivity contribution >= 4 is 17.5 Å². The van der Waals surface area contributed by atoms with Gasteiger partial charge >= 0.3 is 6.03 Å². The van der Waals surface area contributed by atoms with Gasteiger partial charge < -0.3 is 15.0 Å². The van der Waals surface area contributed by atoms with Crippen molar-refractivity contribution in [2.45, 2.75) is 38.7 Å². The zero-order chi connectivity index (χ0) is 15.9. The Morgan fingerprint density at radius 3 is 2.91 bits per heavy atom. The van der Waals surface area contributed by atoms with E-state index < -0.39 is 0 Å². The summed E-state index contributed by atoms with van der Waals surface area (Å²) in [5.41, 5.74) is 1.24. The maximum atomic E-state index is 12.1. The molecule has 1 aromatic rings. The number of benzene rings is 1. The molecule has 0 aliphatic carbocycles. The number of nitrogens with one attached hydrogen (secondary N) is 1. The van der Waals surface area contributed by atoms with E-state index in [9.17, 15) is 9.59 Å². The van der Waals surface area contributed by atoms with E-state index in [1.165, 1.54) is 6.92 Å². The molecule has 2 rings (SSSR count). The number of ether oxygens (including phenoxy) is 1. The van der Waals surface area contributed by atoms with Gasteiger partial charge in [-0.1, -0.05) is 12.1 Å². The van der Waals surface area contributed by atoms with Gasteiger partial charge in [-0.3, -0.25) is 4.79 Å². The van der Waals surface area contributed by atoms with Gasteiger partial charge in [-0.25, -0.2) is 4.79 Å². The van der Waals surface area contributed by atoms with Crippen LogP contribution < -0.4 is 5.32 Å². The number of Topliss-reactive ketones (excluding diaryl/α,β-unsaturated/α-hetero) is 1. The first kappa shape index (κ1) is 16.5. The van der Waals surface area contributed by atoms with Crippen LogP contribution in [0.25, 0.3) is 0 Å². The third-order valence-electron chi connectivity index (χ3n) is 3.91. The van der Waals surface area contributed by atoms with Crippen LogP contribution in [0.4, 0.5) is 10.5 Å². The second-order valence-electron chi connectivity index (χ2n) is 5.77. The third-order valence-corrected chi connectivity index (χ3v) is 3.91. The predicted molar refractivity (Wildman–Crippen MR) is 86.3 cm³/mol. The lowest BCUT2D eigenvalue weighted by atomic mass is 10.1. The van der Waals surface area contributed by atoms with Crippen LogP contribution in [0.1, 0.15) is 43.0 Å². The Morgan fingerprint density at radius 2 is 2.23 bits per heavy atom. The molecule has 1 heterocycles. The number of carbonyl (C=O) groups excluding carboxylic acids is 2. The Morgan fingerprint density at radius 1 is 1.41 bits per heavy atom. The zero-order valence-electron chi connectivity index (χ0n) is 13.3. The number of hydrogen-bond acceptors (Lipinski definition) is 3. The Labute approximate surface area is 131 Å². The zero-order valence-corrected chi connectivity index (χ0v) is 13.3. The molecule has 5 heteroatoms. The summed E-state index contributed by atoms with van der Waals surface area (Å²) in [4.78, 5) is 25.1. The van der Waals surface area contributed by atoms with Crippen LogP contribution in [0.3, 0.4) is 0 Å². The first-order valence-electron chi connectivity index (χ1n) is 7.81. The topological polar surface area (TPSA) is 58.6 Å². The fraction of sp³-hybridized carbons (Fsp3) is 0.529. The maximum absolute atomic E-state index is 12.1. The molecule has 1 saturated heterocycles. The second kappa shape index (κ2) is 7.94. The molecule has 1 aliphatic heterocycles. The summed E-state index contributed by atoms with van der Waals surface area (Å²) >= 11 is 0. The molecule has 0 aromatic heterocycles. The molecule has 22 heavy (non-hydrogen) atoms. The number of amides is 2. The van der Waals surface area contributed by atoms with Crippen LogP contribution in [0.2, 0.25) is 0 Å². The smallest absolute Gasteiger partial charge is 0.321 e. The molecule has 1 N–H and O–H groups in total. The minimum atomic E-state index is -0.159. The lowest BCUT2D eigenvalue weighted by Gasteiger charge is -2.19. The molecule has 0 radical (unpaired) electrons. The SMILES string of the molecule is CC(=O)c1cccc(NC(=O)N(C)CCC[C@H]2CCCO2)c1. The van der Waals surface area contributed by atoms with Crippen molar-refractivity contribution < 1.29 is 14.3 Å². The van der Waals surface area contributed by atoms with Gasteiger partial charge in [0.2, 0.25) is 0 Å². The standard InChI is InChI=1S/C17H24N2O3/c1-13(20)14-6-3-7-15(12-14)18-17(21)19(2)10-4-8-16-9-5-11-22-16/h3,6-7,12,16H,4-5,8-11H2,1-2H3,(H,18,21)/t16-/m0/s1. The van der Waals surface area contributed by atoms with Crippen LogP contribution in [0.15, 0.2) is 24.3 Å². The largest absolute Gasteiger partial charge is 0.378 e. The average molecular weight is 304 g/mol. The number of hydrogen-bond donors (Lipinski definition) is 1. The highest BCUT2D eigenvalue weighted by Gasteiger charge is 2.16. The van der Waals surface area contributed by atoms with Gasteiger partial charge in [0, 0.05) is 31.5 Å². The van der Waals surface area contributed by atoms with Gasteiger partial charge in [0.1, 0.15) is 0 Å². The molecule has 0 saturated carbocycles. The van der Waals surface area contributed by atoms with Crippen molar-refractivity contribution in [2.75, 3.05) is 25.5 Å². The fourth-order valence-electron chi connectivity index (χ4n) is 2.56. The monoisotopic (exact) mass is 304 g/mol. The fourth-order valence-corrected chi connectivity index (χ4v) is 2.56. The predicted octanol–water partition coefficient (Wildman–Crippen LogP) is 3.31. The second-order valence-corrected chi connectivity index (χ2v) is 5.77. The Balaban J connectivity index is 1.77. The molecule has 120 valence electrons. The maximum Gasteiger partial charge on any atom is 0.321 e. The average Bonchev–Trinajstić information content (AvgIpc) is 3.00. The van der Waals surface area contributed by atoms with Crippen molar-refractivity contribution in [3.8, 4) is 0 Å². The highest BCUT2D eigenvalue weighted by atomic mass is 16.5. The van der Waals surface area contributed by atoms with Crippen LogP contribution in [0.5, 0.6) is 0 Å². The number of carbonyl (C=O) groups is 2. The highest BCUT2D eigenvalue weighted by molar-refractivity contribution is 5.96. The molecular weight excluding hydrogens is 280 g/mol. The molecular formula is C17H24N2O3. The minimum absolute atomic E-state index is 0.0129. The first-order valence-corrected chi connectivity index (χ1v) is 7.81. The van der Waals surface area contributed by atoms with Crippen molar-refractivity contribution in [3.63, 3.8) is 0 Å². The lowest BCUT2D eigenvalue weighted by molar-refractivity contribution is 0.100. The Hall–Kier alpha value is -1.88. The van der Waals surface area contributed by atoms with E-state index in [4.69, 9.17) is 4.74 Å². The molecule has 1 aromatic carbocycles. The summed E-state index contributed by atoms with van der Waals surface area (Å²) in [6, 6.07) is 6.82. The molecule has 1 fully saturated rings. The van der Waals surface area contributed by atoms with Crippen LogP contribution >= 0.6 is 0 Å². The lowest BCUT2D eigenvalue weighted by Crippen LogP contribution is -2.32. The van der Waals surface area contributed by atoms with Crippen LogP contribution in [0, 0.1) is 0 Å². The highest BCUT2D eigenvalue weighted by Crippen LogP contribution is 2.17. The van der Waals surface area contributed by atoms with E-state index in [0.717, 1.165) is 32.3 Å². The van der Waals surface area contributed by atoms with Gasteiger partial charge in [-0.2, -0.15) is 0 Å². The molecule has 0 spiro atoms. The number of ketones is 1. The van der Waals surface area contributed by atoms with Crippen molar-refractivity contribution in [1.82, 2.24) is 4.90 Å². The number of urea groups is 1. The Kier molecular flexibility index (Phi) is 5.95. The van der Waals surface area contributed by atoms with Gasteiger partial charge in [-0.05, 0) is 44.7 Å². The molecule has 1 atom stereocenters. The summed E-state index contributed by atoms with van der Waals surface area (Å²) in [5, 5.41) is 2.82. The molecule has 5 nitrogen and oxygen atoms in total. The first-order chi connectivity index (χ1) is 10.6. The van der Waals surface area contributed by atoms with Gasteiger partial charge in [0.05, 0.1) is 6.10 Å². The summed E-state index contributed by atoms with van der Waals surface area (Å²) < 4.78 is 5.58. The van der Waals surface area contributed by atoms with Crippen molar-refractivity contribution in [2.24, 2.45) is 0 Å². The van der Waals surface area contributed by atoms with Crippen molar-refractivity contribution in [3.05, 3.63) is 29.8 Å². The van der Waals surface area contributed by atoms with E-state index in [-0.39, 0.29) is 11.8 Å². The summed E-state index contributed by atoms with van der Waals surface area (Å²) in [6.45, 7) is 3.07. The summed E-state index contributed by atoms with van der Waals surface area (Å²) in [7, 11) is 1.78. The van der Waals surface area contributed by atoms with Gasteiger partial charge in [0.15, 0.2) is 5.78 Å². The minimum Gasteiger partial charge on any atom is -0.378 e. The van der Waals surface area contributed by atoms with Gasteiger partial charge in [0.25, 0.3) is 0 Å². The molecule has 1 aliphatic rings. The summed E-state index contributed by atoms with van der Waals surface area (Å²) in [6.07, 6.45) is 4.57. The van der Waals surface area contributed by atoms with E-state index >= 15 is 0 Å². The van der Waals surface area contributed by atoms with E-state index in [1.807, 2.05) is 0 Å². The van der Waals surface area contributed by atoms with Crippen LogP contribution in [-0.2, 0) is 4.74 Å². The van der Waals surface area contributed by atoms with E-state index in [1.54, 1.807) is 36.2 Å². The number of anilines is 1.